The van der Waals surface area contributed by atoms with Crippen LogP contribution in [0.5, 0.6) is 0 Å². The summed E-state index contributed by atoms with van der Waals surface area (Å²) < 4.78 is 2.01. The van der Waals surface area contributed by atoms with Gasteiger partial charge in [-0.3, -0.25) is 14.2 Å². The fourth-order valence-electron chi connectivity index (χ4n) is 3.46. The topological polar surface area (TPSA) is 76.0 Å². The second-order valence-corrected chi connectivity index (χ2v) is 7.40. The standard InChI is InChI=1S/C25H24N4O2/c1-3-26-24(30)19-9-7-18(8-10-19)15-27-25(31)20-11-12-23-22(14-20)28-16-29(23)21-6-4-5-17(2)13-21/h4-14,16H,3,15H2,1-2H3,(H,26,30)(H,27,31). The number of carbonyl (C=O) groups is 2. The molecule has 0 unspecified atom stereocenters. The molecule has 2 amide bonds. The van der Waals surface area contributed by atoms with Crippen LogP contribution in [0.15, 0.2) is 73.1 Å². The van der Waals surface area contributed by atoms with Crippen LogP contribution in [0.2, 0.25) is 0 Å². The zero-order chi connectivity index (χ0) is 21.8. The molecule has 0 aliphatic heterocycles. The number of fused-ring (bicyclic) bond motifs is 1. The van der Waals surface area contributed by atoms with E-state index in [2.05, 4.69) is 34.7 Å². The molecule has 31 heavy (non-hydrogen) atoms. The van der Waals surface area contributed by atoms with Crippen LogP contribution in [0.1, 0.15) is 38.8 Å². The first-order chi connectivity index (χ1) is 15.0. The van der Waals surface area contributed by atoms with Crippen LogP contribution in [0.4, 0.5) is 0 Å². The summed E-state index contributed by atoms with van der Waals surface area (Å²) in [6.45, 7) is 4.90. The molecule has 0 fully saturated rings. The van der Waals surface area contributed by atoms with E-state index in [1.165, 1.54) is 5.56 Å². The van der Waals surface area contributed by atoms with Crippen molar-refractivity contribution in [2.24, 2.45) is 0 Å². The molecule has 0 radical (unpaired) electrons. The van der Waals surface area contributed by atoms with Gasteiger partial charge in [-0.15, -0.1) is 0 Å². The van der Waals surface area contributed by atoms with Crippen LogP contribution in [0, 0.1) is 6.92 Å². The number of aryl methyl sites for hydroxylation is 1. The quantitative estimate of drug-likeness (QED) is 0.502. The molecular weight excluding hydrogens is 388 g/mol. The van der Waals surface area contributed by atoms with Crippen molar-refractivity contribution in [1.82, 2.24) is 20.2 Å². The zero-order valence-electron chi connectivity index (χ0n) is 17.6. The van der Waals surface area contributed by atoms with E-state index in [-0.39, 0.29) is 11.8 Å². The number of nitrogens with zero attached hydrogens (tertiary/aromatic N) is 2. The van der Waals surface area contributed by atoms with Crippen molar-refractivity contribution in [3.05, 3.63) is 95.3 Å². The van der Waals surface area contributed by atoms with E-state index in [0.29, 0.717) is 24.2 Å². The lowest BCUT2D eigenvalue weighted by molar-refractivity contribution is 0.0944. The number of hydrogen-bond donors (Lipinski definition) is 2. The minimum Gasteiger partial charge on any atom is -0.352 e. The van der Waals surface area contributed by atoms with E-state index >= 15 is 0 Å². The highest BCUT2D eigenvalue weighted by Crippen LogP contribution is 2.20. The molecule has 156 valence electrons. The Morgan fingerprint density at radius 2 is 1.65 bits per heavy atom. The zero-order valence-corrected chi connectivity index (χ0v) is 17.6. The predicted octanol–water partition coefficient (Wildman–Crippen LogP) is 4.01. The Hall–Kier alpha value is -3.93. The number of imidazole rings is 1. The van der Waals surface area contributed by atoms with Gasteiger partial charge in [0.2, 0.25) is 0 Å². The maximum absolute atomic E-state index is 12.6. The first-order valence-corrected chi connectivity index (χ1v) is 10.2. The van der Waals surface area contributed by atoms with Gasteiger partial charge in [-0.2, -0.15) is 0 Å². The van der Waals surface area contributed by atoms with E-state index in [0.717, 1.165) is 22.3 Å². The van der Waals surface area contributed by atoms with Gasteiger partial charge in [0, 0.05) is 29.9 Å². The second-order valence-electron chi connectivity index (χ2n) is 7.40. The number of amides is 2. The van der Waals surface area contributed by atoms with Crippen molar-refractivity contribution in [1.29, 1.82) is 0 Å². The molecule has 0 atom stereocenters. The first-order valence-electron chi connectivity index (χ1n) is 10.2. The summed E-state index contributed by atoms with van der Waals surface area (Å²) in [6, 6.07) is 20.9. The summed E-state index contributed by atoms with van der Waals surface area (Å²) in [5, 5.41) is 5.69. The van der Waals surface area contributed by atoms with Gasteiger partial charge in [-0.25, -0.2) is 4.98 Å². The van der Waals surface area contributed by atoms with Gasteiger partial charge in [0.15, 0.2) is 0 Å². The highest BCUT2D eigenvalue weighted by molar-refractivity contribution is 5.97. The molecule has 2 N–H and O–H groups in total. The molecule has 0 aliphatic rings. The molecule has 4 rings (SSSR count). The van der Waals surface area contributed by atoms with E-state index in [9.17, 15) is 9.59 Å². The van der Waals surface area contributed by atoms with Gasteiger partial charge in [-0.1, -0.05) is 24.3 Å². The maximum atomic E-state index is 12.6. The fourth-order valence-corrected chi connectivity index (χ4v) is 3.46. The number of carbonyl (C=O) groups excluding carboxylic acids is 2. The molecule has 0 saturated carbocycles. The smallest absolute Gasteiger partial charge is 0.251 e. The van der Waals surface area contributed by atoms with E-state index in [1.807, 2.05) is 47.9 Å². The Morgan fingerprint density at radius 3 is 2.39 bits per heavy atom. The van der Waals surface area contributed by atoms with Crippen molar-refractivity contribution < 1.29 is 9.59 Å². The van der Waals surface area contributed by atoms with Crippen molar-refractivity contribution in [2.45, 2.75) is 20.4 Å². The molecule has 6 heteroatoms. The molecule has 0 spiro atoms. The van der Waals surface area contributed by atoms with Gasteiger partial charge in [0.1, 0.15) is 6.33 Å². The summed E-state index contributed by atoms with van der Waals surface area (Å²) in [4.78, 5) is 28.9. The SMILES string of the molecule is CCNC(=O)c1ccc(CNC(=O)c2ccc3c(c2)ncn3-c2cccc(C)c2)cc1. The first kappa shape index (κ1) is 20.3. The van der Waals surface area contributed by atoms with Gasteiger partial charge < -0.3 is 10.6 Å². The minimum absolute atomic E-state index is 0.100. The van der Waals surface area contributed by atoms with E-state index < -0.39 is 0 Å². The number of rotatable bonds is 6. The van der Waals surface area contributed by atoms with Crippen LogP contribution < -0.4 is 10.6 Å². The number of aromatic nitrogens is 2. The molecule has 3 aromatic carbocycles. The van der Waals surface area contributed by atoms with E-state index in [1.54, 1.807) is 24.5 Å². The molecule has 1 heterocycles. The van der Waals surface area contributed by atoms with Crippen molar-refractivity contribution in [3.8, 4) is 5.69 Å². The number of nitrogens with one attached hydrogen (secondary N) is 2. The van der Waals surface area contributed by atoms with Crippen LogP contribution in [0.25, 0.3) is 16.7 Å². The fraction of sp³-hybridized carbons (Fsp3) is 0.160. The van der Waals surface area contributed by atoms with Crippen molar-refractivity contribution >= 4 is 22.8 Å². The van der Waals surface area contributed by atoms with Gasteiger partial charge in [0.05, 0.1) is 11.0 Å². The Labute approximate surface area is 180 Å². The Bertz CT molecular complexity index is 1240. The molecule has 0 saturated heterocycles. The monoisotopic (exact) mass is 412 g/mol. The Balaban J connectivity index is 1.45. The van der Waals surface area contributed by atoms with Crippen molar-refractivity contribution in [3.63, 3.8) is 0 Å². The highest BCUT2D eigenvalue weighted by atomic mass is 16.2. The maximum Gasteiger partial charge on any atom is 0.251 e. The molecular formula is C25H24N4O2. The third kappa shape index (κ3) is 4.48. The summed E-state index contributed by atoms with van der Waals surface area (Å²) in [5.74, 6) is -0.267. The number of hydrogen-bond acceptors (Lipinski definition) is 3. The minimum atomic E-state index is -0.167. The third-order valence-electron chi connectivity index (χ3n) is 5.10. The van der Waals surface area contributed by atoms with E-state index in [4.69, 9.17) is 0 Å². The lowest BCUT2D eigenvalue weighted by Gasteiger charge is -2.08. The second kappa shape index (κ2) is 8.83. The average Bonchev–Trinajstić information content (AvgIpc) is 3.21. The third-order valence-corrected chi connectivity index (χ3v) is 5.10. The van der Waals surface area contributed by atoms with Crippen LogP contribution in [0.3, 0.4) is 0 Å². The summed E-state index contributed by atoms with van der Waals surface area (Å²) in [6.07, 6.45) is 1.78. The lowest BCUT2D eigenvalue weighted by atomic mass is 10.1. The largest absolute Gasteiger partial charge is 0.352 e. The predicted molar refractivity (Wildman–Crippen MR) is 121 cm³/mol. The molecule has 0 bridgehead atoms. The summed E-state index contributed by atoms with van der Waals surface area (Å²) in [5.41, 5.74) is 6.01. The molecule has 0 aliphatic carbocycles. The van der Waals surface area contributed by atoms with Crippen LogP contribution >= 0.6 is 0 Å². The summed E-state index contributed by atoms with van der Waals surface area (Å²) in [7, 11) is 0. The van der Waals surface area contributed by atoms with Gasteiger partial charge >= 0.3 is 0 Å². The Morgan fingerprint density at radius 1 is 0.903 bits per heavy atom. The Kier molecular flexibility index (Phi) is 5.80. The molecule has 1 aromatic heterocycles. The van der Waals surface area contributed by atoms with Gasteiger partial charge in [-0.05, 0) is 67.4 Å². The lowest BCUT2D eigenvalue weighted by Crippen LogP contribution is -2.23. The van der Waals surface area contributed by atoms with Crippen LogP contribution in [-0.2, 0) is 6.54 Å². The molecule has 6 nitrogen and oxygen atoms in total. The summed E-state index contributed by atoms with van der Waals surface area (Å²) >= 11 is 0. The average molecular weight is 412 g/mol. The normalized spacial score (nSPS) is 10.8. The van der Waals surface area contributed by atoms with Gasteiger partial charge in [0.25, 0.3) is 11.8 Å². The molecule has 4 aromatic rings. The highest BCUT2D eigenvalue weighted by Gasteiger charge is 2.11. The van der Waals surface area contributed by atoms with Crippen LogP contribution in [-0.4, -0.2) is 27.9 Å². The van der Waals surface area contributed by atoms with Crippen molar-refractivity contribution in [2.75, 3.05) is 6.54 Å². The number of benzene rings is 3.